The maximum atomic E-state index is 10.9. The number of nitrogens with one attached hydrogen (secondary N) is 1. The van der Waals surface area contributed by atoms with Crippen LogP contribution in [0.4, 0.5) is 5.69 Å². The Balaban J connectivity index is 1.96. The van der Waals surface area contributed by atoms with Crippen LogP contribution in [0.2, 0.25) is 0 Å². The van der Waals surface area contributed by atoms with Gasteiger partial charge in [0.25, 0.3) is 0 Å². The summed E-state index contributed by atoms with van der Waals surface area (Å²) in [5, 5.41) is 12.1. The predicted molar refractivity (Wildman–Crippen MR) is 79.9 cm³/mol. The second-order valence-corrected chi connectivity index (χ2v) is 5.07. The number of furan rings is 1. The standard InChI is InChI=1S/C16H19NO4/c1-10(2)20-13-6-4-12(5-7-13)17-9-14-8-11(3)15(21-14)16(18)19/h4-8,10,17H,9H2,1-3H3,(H,18,19). The van der Waals surface area contributed by atoms with Crippen molar-refractivity contribution in [1.82, 2.24) is 0 Å². The van der Waals surface area contributed by atoms with Crippen molar-refractivity contribution in [3.8, 4) is 5.75 Å². The van der Waals surface area contributed by atoms with Gasteiger partial charge < -0.3 is 19.6 Å². The van der Waals surface area contributed by atoms with Gasteiger partial charge in [-0.05, 0) is 51.1 Å². The van der Waals surface area contributed by atoms with Crippen molar-refractivity contribution in [2.45, 2.75) is 33.4 Å². The Labute approximate surface area is 123 Å². The molecule has 21 heavy (non-hydrogen) atoms. The average Bonchev–Trinajstić information content (AvgIpc) is 2.79. The third-order valence-electron chi connectivity index (χ3n) is 2.86. The van der Waals surface area contributed by atoms with Crippen LogP contribution in [0.1, 0.15) is 35.7 Å². The minimum atomic E-state index is -1.05. The Kier molecular flexibility index (Phi) is 4.52. The number of carboxylic acids is 1. The molecule has 2 aromatic rings. The van der Waals surface area contributed by atoms with Crippen molar-refractivity contribution in [3.05, 3.63) is 47.4 Å². The second kappa shape index (κ2) is 6.35. The minimum absolute atomic E-state index is 0.00696. The molecule has 1 aromatic heterocycles. The van der Waals surface area contributed by atoms with Crippen LogP contribution in [-0.4, -0.2) is 17.2 Å². The summed E-state index contributed by atoms with van der Waals surface area (Å²) in [5.41, 5.74) is 1.54. The Morgan fingerprint density at radius 3 is 2.52 bits per heavy atom. The van der Waals surface area contributed by atoms with Crippen molar-refractivity contribution in [2.24, 2.45) is 0 Å². The summed E-state index contributed by atoms with van der Waals surface area (Å²) >= 11 is 0. The summed E-state index contributed by atoms with van der Waals surface area (Å²) in [4.78, 5) is 10.9. The van der Waals surface area contributed by atoms with Gasteiger partial charge in [0, 0.05) is 11.3 Å². The SMILES string of the molecule is Cc1cc(CNc2ccc(OC(C)C)cc2)oc1C(=O)O. The van der Waals surface area contributed by atoms with Gasteiger partial charge in [-0.2, -0.15) is 0 Å². The van der Waals surface area contributed by atoms with Crippen molar-refractivity contribution >= 4 is 11.7 Å². The highest BCUT2D eigenvalue weighted by atomic mass is 16.5. The number of anilines is 1. The maximum absolute atomic E-state index is 10.9. The highest BCUT2D eigenvalue weighted by Gasteiger charge is 2.13. The summed E-state index contributed by atoms with van der Waals surface area (Å²) in [6.07, 6.45) is 0.143. The second-order valence-electron chi connectivity index (χ2n) is 5.07. The van der Waals surface area contributed by atoms with E-state index in [0.29, 0.717) is 17.9 Å². The molecule has 0 aliphatic rings. The molecule has 0 bridgehead atoms. The first-order valence-corrected chi connectivity index (χ1v) is 6.79. The van der Waals surface area contributed by atoms with E-state index < -0.39 is 5.97 Å². The van der Waals surface area contributed by atoms with Crippen LogP contribution in [0.3, 0.4) is 0 Å². The van der Waals surface area contributed by atoms with Crippen molar-refractivity contribution < 1.29 is 19.1 Å². The fraction of sp³-hybridized carbons (Fsp3) is 0.312. The fourth-order valence-corrected chi connectivity index (χ4v) is 1.96. The van der Waals surface area contributed by atoms with E-state index in [4.69, 9.17) is 14.3 Å². The topological polar surface area (TPSA) is 71.7 Å². The quantitative estimate of drug-likeness (QED) is 0.848. The summed E-state index contributed by atoms with van der Waals surface area (Å²) in [5.74, 6) is 0.353. The van der Waals surface area contributed by atoms with Gasteiger partial charge in [-0.15, -0.1) is 0 Å². The Bertz CT molecular complexity index is 614. The lowest BCUT2D eigenvalue weighted by Gasteiger charge is -2.10. The number of rotatable bonds is 6. The minimum Gasteiger partial charge on any atom is -0.491 e. The van der Waals surface area contributed by atoms with Gasteiger partial charge in [0.2, 0.25) is 5.76 Å². The van der Waals surface area contributed by atoms with Crippen molar-refractivity contribution in [3.63, 3.8) is 0 Å². The first kappa shape index (κ1) is 15.0. The molecular weight excluding hydrogens is 270 g/mol. The van der Waals surface area contributed by atoms with Gasteiger partial charge in [0.05, 0.1) is 12.6 Å². The molecule has 0 unspecified atom stereocenters. The fourth-order valence-electron chi connectivity index (χ4n) is 1.96. The molecule has 2 rings (SSSR count). The zero-order chi connectivity index (χ0) is 15.4. The van der Waals surface area contributed by atoms with Crippen LogP contribution >= 0.6 is 0 Å². The molecule has 2 N–H and O–H groups in total. The highest BCUT2D eigenvalue weighted by molar-refractivity contribution is 5.86. The van der Waals surface area contributed by atoms with E-state index in [9.17, 15) is 4.79 Å². The first-order valence-electron chi connectivity index (χ1n) is 6.79. The zero-order valence-corrected chi connectivity index (χ0v) is 12.3. The molecule has 0 atom stereocenters. The molecule has 1 aromatic carbocycles. The smallest absolute Gasteiger partial charge is 0.372 e. The lowest BCUT2D eigenvalue weighted by Crippen LogP contribution is -2.05. The number of ether oxygens (including phenoxy) is 1. The number of aromatic carboxylic acids is 1. The van der Waals surface area contributed by atoms with Crippen molar-refractivity contribution in [2.75, 3.05) is 5.32 Å². The van der Waals surface area contributed by atoms with E-state index in [2.05, 4.69) is 5.32 Å². The van der Waals surface area contributed by atoms with Crippen LogP contribution in [0.25, 0.3) is 0 Å². The third kappa shape index (κ3) is 4.02. The van der Waals surface area contributed by atoms with Crippen LogP contribution in [-0.2, 0) is 6.54 Å². The molecule has 0 fully saturated rings. The van der Waals surface area contributed by atoms with Crippen LogP contribution in [0.5, 0.6) is 5.75 Å². The molecule has 0 spiro atoms. The summed E-state index contributed by atoms with van der Waals surface area (Å²) in [7, 11) is 0. The van der Waals surface area contributed by atoms with Gasteiger partial charge >= 0.3 is 5.97 Å². The largest absolute Gasteiger partial charge is 0.491 e. The lowest BCUT2D eigenvalue weighted by atomic mass is 10.2. The van der Waals surface area contributed by atoms with Gasteiger partial charge in [0.1, 0.15) is 11.5 Å². The predicted octanol–water partition coefficient (Wildman–Crippen LogP) is 3.69. The third-order valence-corrected chi connectivity index (χ3v) is 2.86. The molecule has 0 saturated carbocycles. The Hall–Kier alpha value is -2.43. The van der Waals surface area contributed by atoms with Crippen molar-refractivity contribution in [1.29, 1.82) is 0 Å². The van der Waals surface area contributed by atoms with E-state index in [1.54, 1.807) is 13.0 Å². The van der Waals surface area contributed by atoms with Crippen LogP contribution < -0.4 is 10.1 Å². The summed E-state index contributed by atoms with van der Waals surface area (Å²) in [6, 6.07) is 9.32. The molecular formula is C16H19NO4. The van der Waals surface area contributed by atoms with Crippen LogP contribution in [0.15, 0.2) is 34.7 Å². The number of carboxylic acid groups (broad SMARTS) is 1. The van der Waals surface area contributed by atoms with Gasteiger partial charge in [-0.3, -0.25) is 0 Å². The average molecular weight is 289 g/mol. The van der Waals surface area contributed by atoms with E-state index >= 15 is 0 Å². The monoisotopic (exact) mass is 289 g/mol. The first-order chi connectivity index (χ1) is 9.95. The molecule has 0 amide bonds. The van der Waals surface area contributed by atoms with E-state index in [0.717, 1.165) is 11.4 Å². The highest BCUT2D eigenvalue weighted by Crippen LogP contribution is 2.19. The van der Waals surface area contributed by atoms with E-state index in [1.165, 1.54) is 0 Å². The Morgan fingerprint density at radius 1 is 1.33 bits per heavy atom. The number of benzene rings is 1. The lowest BCUT2D eigenvalue weighted by molar-refractivity contribution is 0.0659. The zero-order valence-electron chi connectivity index (χ0n) is 12.3. The molecule has 0 aliphatic carbocycles. The molecule has 1 heterocycles. The number of hydrogen-bond donors (Lipinski definition) is 2. The van der Waals surface area contributed by atoms with E-state index in [1.807, 2.05) is 38.1 Å². The molecule has 0 radical (unpaired) electrons. The number of aryl methyl sites for hydroxylation is 1. The van der Waals surface area contributed by atoms with Crippen LogP contribution in [0, 0.1) is 6.92 Å². The van der Waals surface area contributed by atoms with Gasteiger partial charge in [-0.25, -0.2) is 4.79 Å². The molecule has 0 aliphatic heterocycles. The maximum Gasteiger partial charge on any atom is 0.372 e. The molecule has 0 saturated heterocycles. The number of hydrogen-bond acceptors (Lipinski definition) is 4. The van der Waals surface area contributed by atoms with E-state index in [-0.39, 0.29) is 11.9 Å². The normalized spacial score (nSPS) is 10.7. The molecule has 5 heteroatoms. The van der Waals surface area contributed by atoms with Gasteiger partial charge in [-0.1, -0.05) is 0 Å². The summed E-state index contributed by atoms with van der Waals surface area (Å²) in [6.45, 7) is 6.10. The van der Waals surface area contributed by atoms with Gasteiger partial charge in [0.15, 0.2) is 0 Å². The Morgan fingerprint density at radius 2 is 2.00 bits per heavy atom. The molecule has 5 nitrogen and oxygen atoms in total. The summed E-state index contributed by atoms with van der Waals surface area (Å²) < 4.78 is 10.9. The number of carbonyl (C=O) groups is 1. The molecule has 112 valence electrons.